The molecule has 5 nitrogen and oxygen atoms in total. The van der Waals surface area contributed by atoms with Gasteiger partial charge >= 0.3 is 5.97 Å². The van der Waals surface area contributed by atoms with E-state index in [-0.39, 0.29) is 11.6 Å². The smallest absolute Gasteiger partial charge is 0.355 e. The molecule has 2 aromatic heterocycles. The quantitative estimate of drug-likeness (QED) is 0.763. The van der Waals surface area contributed by atoms with Gasteiger partial charge in [0, 0.05) is 18.3 Å². The number of nitrogens with one attached hydrogen (secondary N) is 1. The van der Waals surface area contributed by atoms with Crippen molar-refractivity contribution in [2.24, 2.45) is 0 Å². The second kappa shape index (κ2) is 7.41. The lowest BCUT2D eigenvalue weighted by Crippen LogP contribution is -2.27. The zero-order valence-electron chi connectivity index (χ0n) is 10.4. The molecule has 0 aliphatic heterocycles. The van der Waals surface area contributed by atoms with Gasteiger partial charge in [-0.3, -0.25) is 4.79 Å². The number of carboxylic acid groups (broad SMARTS) is 1. The van der Waals surface area contributed by atoms with Crippen LogP contribution in [0.15, 0.2) is 27.1 Å². The molecule has 0 spiro atoms. The van der Waals surface area contributed by atoms with Crippen molar-refractivity contribution in [3.8, 4) is 0 Å². The maximum absolute atomic E-state index is 11.6. The van der Waals surface area contributed by atoms with Crippen LogP contribution in [0.2, 0.25) is 0 Å². The zero-order valence-corrected chi connectivity index (χ0v) is 12.8. The van der Waals surface area contributed by atoms with Crippen molar-refractivity contribution in [3.05, 3.63) is 33.6 Å². The Morgan fingerprint density at radius 1 is 1.40 bits per heavy atom. The summed E-state index contributed by atoms with van der Waals surface area (Å²) in [7, 11) is 0. The Morgan fingerprint density at radius 3 is 2.90 bits per heavy atom. The third kappa shape index (κ3) is 4.62. The van der Waals surface area contributed by atoms with Gasteiger partial charge in [-0.05, 0) is 11.4 Å². The number of thioether (sulfide) groups is 1. The van der Waals surface area contributed by atoms with Crippen molar-refractivity contribution in [3.63, 3.8) is 0 Å². The number of rotatable bonds is 7. The van der Waals surface area contributed by atoms with Crippen molar-refractivity contribution >= 4 is 46.3 Å². The van der Waals surface area contributed by atoms with E-state index in [9.17, 15) is 9.59 Å². The van der Waals surface area contributed by atoms with Crippen LogP contribution < -0.4 is 5.32 Å². The molecule has 0 aliphatic rings. The molecule has 106 valence electrons. The second-order valence-electron chi connectivity index (χ2n) is 3.75. The number of amides is 1. The van der Waals surface area contributed by atoms with Gasteiger partial charge in [-0.1, -0.05) is 6.07 Å². The maximum atomic E-state index is 11.6. The first-order valence-electron chi connectivity index (χ1n) is 5.76. The van der Waals surface area contributed by atoms with E-state index in [4.69, 9.17) is 5.11 Å². The minimum absolute atomic E-state index is 0.0292. The molecule has 2 heterocycles. The summed E-state index contributed by atoms with van der Waals surface area (Å²) in [6, 6.07) is 3.93. The molecule has 1 amide bonds. The largest absolute Gasteiger partial charge is 0.476 e. The number of thiazole rings is 1. The average molecular weight is 328 g/mol. The summed E-state index contributed by atoms with van der Waals surface area (Å²) in [6.07, 6.45) is 0.549. The van der Waals surface area contributed by atoms with Gasteiger partial charge in [0.15, 0.2) is 5.69 Å². The Balaban J connectivity index is 1.67. The number of thiophene rings is 1. The standard InChI is InChI=1S/C12H12N2O3S3/c15-9(7-20-11-2-1-5-18-11)13-4-3-10-14-8(6-19-10)12(16)17/h1-2,5-6H,3-4,7H2,(H,13,15)(H,16,17). The Hall–Kier alpha value is -1.38. The number of carboxylic acids is 1. The van der Waals surface area contributed by atoms with Crippen LogP contribution in [0.3, 0.4) is 0 Å². The number of hydrogen-bond donors (Lipinski definition) is 2. The van der Waals surface area contributed by atoms with E-state index in [0.29, 0.717) is 23.7 Å². The molecule has 0 saturated carbocycles. The summed E-state index contributed by atoms with van der Waals surface area (Å²) >= 11 is 4.41. The fraction of sp³-hybridized carbons (Fsp3) is 0.250. The predicted octanol–water partition coefficient (Wildman–Crippen LogP) is 2.35. The SMILES string of the molecule is O=C(CSc1cccs1)NCCc1nc(C(=O)O)cs1. The molecule has 2 N–H and O–H groups in total. The summed E-state index contributed by atoms with van der Waals surface area (Å²) < 4.78 is 1.12. The number of carbonyl (C=O) groups excluding carboxylic acids is 1. The van der Waals surface area contributed by atoms with Crippen molar-refractivity contribution in [2.75, 3.05) is 12.3 Å². The van der Waals surface area contributed by atoms with E-state index in [1.807, 2.05) is 17.5 Å². The number of hydrogen-bond acceptors (Lipinski definition) is 6. The Bertz CT molecular complexity index is 581. The fourth-order valence-electron chi connectivity index (χ4n) is 1.37. The molecule has 0 aliphatic carbocycles. The van der Waals surface area contributed by atoms with Crippen molar-refractivity contribution in [1.82, 2.24) is 10.3 Å². The van der Waals surface area contributed by atoms with E-state index in [1.165, 1.54) is 28.5 Å². The number of aromatic carboxylic acids is 1. The number of aromatic nitrogens is 1. The Kier molecular flexibility index (Phi) is 5.57. The van der Waals surface area contributed by atoms with Gasteiger partial charge in [0.1, 0.15) is 0 Å². The van der Waals surface area contributed by atoms with Gasteiger partial charge in [0.2, 0.25) is 5.91 Å². The molecule has 0 atom stereocenters. The normalized spacial score (nSPS) is 10.4. The molecular formula is C12H12N2O3S3. The van der Waals surface area contributed by atoms with Crippen LogP contribution in [0.5, 0.6) is 0 Å². The minimum Gasteiger partial charge on any atom is -0.476 e. The molecule has 0 fully saturated rings. The van der Waals surface area contributed by atoms with E-state index >= 15 is 0 Å². The molecule has 2 aromatic rings. The van der Waals surface area contributed by atoms with E-state index in [0.717, 1.165) is 4.21 Å². The van der Waals surface area contributed by atoms with E-state index in [1.54, 1.807) is 11.3 Å². The molecule has 0 aromatic carbocycles. The highest BCUT2D eigenvalue weighted by atomic mass is 32.2. The van der Waals surface area contributed by atoms with E-state index < -0.39 is 5.97 Å². The highest BCUT2D eigenvalue weighted by molar-refractivity contribution is 8.01. The maximum Gasteiger partial charge on any atom is 0.355 e. The summed E-state index contributed by atoms with van der Waals surface area (Å²) in [6.45, 7) is 0.469. The molecule has 0 unspecified atom stereocenters. The first-order valence-corrected chi connectivity index (χ1v) is 8.50. The zero-order chi connectivity index (χ0) is 14.4. The first-order chi connectivity index (χ1) is 9.65. The van der Waals surface area contributed by atoms with Crippen LogP contribution in [0.1, 0.15) is 15.5 Å². The molecule has 0 saturated heterocycles. The van der Waals surface area contributed by atoms with Crippen LogP contribution >= 0.6 is 34.4 Å². The van der Waals surface area contributed by atoms with Crippen LogP contribution in [0.25, 0.3) is 0 Å². The second-order valence-corrected chi connectivity index (χ2v) is 6.92. The van der Waals surface area contributed by atoms with Crippen LogP contribution in [-0.4, -0.2) is 34.3 Å². The van der Waals surface area contributed by atoms with Gasteiger partial charge in [0.25, 0.3) is 0 Å². The van der Waals surface area contributed by atoms with Crippen molar-refractivity contribution in [2.45, 2.75) is 10.6 Å². The number of carbonyl (C=O) groups is 2. The third-order valence-corrected chi connectivity index (χ3v) is 5.31. The highest BCUT2D eigenvalue weighted by Crippen LogP contribution is 2.22. The van der Waals surface area contributed by atoms with Gasteiger partial charge < -0.3 is 10.4 Å². The van der Waals surface area contributed by atoms with Gasteiger partial charge in [0.05, 0.1) is 15.0 Å². The van der Waals surface area contributed by atoms with Crippen LogP contribution in [0.4, 0.5) is 0 Å². The van der Waals surface area contributed by atoms with E-state index in [2.05, 4.69) is 10.3 Å². The van der Waals surface area contributed by atoms with Crippen molar-refractivity contribution < 1.29 is 14.7 Å². The predicted molar refractivity (Wildman–Crippen MR) is 80.8 cm³/mol. The molecule has 0 bridgehead atoms. The molecule has 2 rings (SSSR count). The minimum atomic E-state index is -1.02. The van der Waals surface area contributed by atoms with Crippen LogP contribution in [-0.2, 0) is 11.2 Å². The lowest BCUT2D eigenvalue weighted by molar-refractivity contribution is -0.118. The monoisotopic (exact) mass is 328 g/mol. The molecule has 20 heavy (non-hydrogen) atoms. The summed E-state index contributed by atoms with van der Waals surface area (Å²) in [5.74, 6) is -0.666. The summed E-state index contributed by atoms with van der Waals surface area (Å²) in [5.41, 5.74) is 0.0598. The average Bonchev–Trinajstić information content (AvgIpc) is 3.07. The lowest BCUT2D eigenvalue weighted by Gasteiger charge is -2.02. The fourth-order valence-corrected chi connectivity index (χ4v) is 3.75. The molecular weight excluding hydrogens is 316 g/mol. The summed E-state index contributed by atoms with van der Waals surface area (Å²) in [4.78, 5) is 26.2. The van der Waals surface area contributed by atoms with Gasteiger partial charge in [-0.15, -0.1) is 34.4 Å². The highest BCUT2D eigenvalue weighted by Gasteiger charge is 2.09. The lowest BCUT2D eigenvalue weighted by atomic mass is 10.4. The van der Waals surface area contributed by atoms with Gasteiger partial charge in [-0.25, -0.2) is 9.78 Å². The molecule has 0 radical (unpaired) electrons. The number of nitrogens with zero attached hydrogens (tertiary/aromatic N) is 1. The Morgan fingerprint density at radius 2 is 2.25 bits per heavy atom. The van der Waals surface area contributed by atoms with Crippen molar-refractivity contribution in [1.29, 1.82) is 0 Å². The molecule has 8 heteroatoms. The first kappa shape index (κ1) is 15.0. The third-order valence-electron chi connectivity index (χ3n) is 2.27. The Labute approximate surface area is 128 Å². The summed E-state index contributed by atoms with van der Waals surface area (Å²) in [5, 5.41) is 15.7. The topological polar surface area (TPSA) is 79.3 Å². The van der Waals surface area contributed by atoms with Gasteiger partial charge in [-0.2, -0.15) is 0 Å². The van der Waals surface area contributed by atoms with Crippen LogP contribution in [0, 0.1) is 0 Å².